The van der Waals surface area contributed by atoms with E-state index in [-0.39, 0.29) is 13.0 Å². The molecule has 0 aromatic heterocycles. The second-order valence-corrected chi connectivity index (χ2v) is 5.07. The van der Waals surface area contributed by atoms with Crippen molar-refractivity contribution >= 4 is 13.6 Å². The van der Waals surface area contributed by atoms with Crippen LogP contribution in [0.15, 0.2) is 0 Å². The second-order valence-electron chi connectivity index (χ2n) is 3.27. The fraction of sp³-hybridized carbons (Fsp3) is 0.900. The molecule has 2 N–H and O–H groups in total. The van der Waals surface area contributed by atoms with Gasteiger partial charge in [-0.2, -0.15) is 0 Å². The standard InChI is InChI=1S/C6H13O5P.C4H10/c1-3-5(12(8,9)10)6(7)11-4-2;1-3-4-2/h5H,3-4H2,1-2H3,(H2,8,9,10);3-4H2,1-2H3. The van der Waals surface area contributed by atoms with Crippen molar-refractivity contribution in [2.24, 2.45) is 0 Å². The quantitative estimate of drug-likeness (QED) is 0.581. The third kappa shape index (κ3) is 8.89. The first-order chi connectivity index (χ1) is 7.34. The van der Waals surface area contributed by atoms with Gasteiger partial charge in [0.25, 0.3) is 0 Å². The Labute approximate surface area is 97.4 Å². The molecule has 0 aliphatic carbocycles. The van der Waals surface area contributed by atoms with Crippen LogP contribution in [-0.4, -0.2) is 28.0 Å². The summed E-state index contributed by atoms with van der Waals surface area (Å²) in [5.74, 6) is -0.826. The van der Waals surface area contributed by atoms with Crippen molar-refractivity contribution in [1.82, 2.24) is 0 Å². The SMILES string of the molecule is CCCC.CCOC(=O)C(CC)P(=O)(O)O. The molecule has 0 saturated carbocycles. The van der Waals surface area contributed by atoms with Crippen molar-refractivity contribution in [3.05, 3.63) is 0 Å². The molecule has 0 radical (unpaired) electrons. The number of esters is 1. The molecular formula is C10H23O5P. The van der Waals surface area contributed by atoms with E-state index in [1.807, 2.05) is 0 Å². The molecule has 98 valence electrons. The van der Waals surface area contributed by atoms with Crippen molar-refractivity contribution in [1.29, 1.82) is 0 Å². The Kier molecular flexibility index (Phi) is 11.0. The lowest BCUT2D eigenvalue weighted by molar-refractivity contribution is -0.143. The van der Waals surface area contributed by atoms with Gasteiger partial charge in [-0.15, -0.1) is 0 Å². The van der Waals surface area contributed by atoms with Crippen molar-refractivity contribution in [3.8, 4) is 0 Å². The van der Waals surface area contributed by atoms with Crippen LogP contribution in [0.25, 0.3) is 0 Å². The lowest BCUT2D eigenvalue weighted by atomic mass is 10.3. The van der Waals surface area contributed by atoms with Crippen molar-refractivity contribution in [2.45, 2.75) is 52.6 Å². The summed E-state index contributed by atoms with van der Waals surface area (Å²) in [6.45, 7) is 7.61. The third-order valence-corrected chi connectivity index (χ3v) is 3.24. The van der Waals surface area contributed by atoms with Crippen LogP contribution >= 0.6 is 7.60 Å². The molecule has 1 atom stereocenters. The van der Waals surface area contributed by atoms with E-state index in [1.165, 1.54) is 19.8 Å². The van der Waals surface area contributed by atoms with Gasteiger partial charge in [-0.05, 0) is 13.3 Å². The Bertz CT molecular complexity index is 221. The zero-order chi connectivity index (χ0) is 13.2. The maximum absolute atomic E-state index is 10.9. The molecule has 1 unspecified atom stereocenters. The highest BCUT2D eigenvalue weighted by Crippen LogP contribution is 2.43. The Morgan fingerprint density at radius 3 is 1.81 bits per heavy atom. The van der Waals surface area contributed by atoms with Crippen LogP contribution in [-0.2, 0) is 14.1 Å². The fourth-order valence-electron chi connectivity index (χ4n) is 0.780. The van der Waals surface area contributed by atoms with Gasteiger partial charge in [-0.1, -0.05) is 33.6 Å². The average Bonchev–Trinajstić information content (AvgIpc) is 2.17. The summed E-state index contributed by atoms with van der Waals surface area (Å²) in [6, 6.07) is 0. The van der Waals surface area contributed by atoms with E-state index in [0.29, 0.717) is 0 Å². The van der Waals surface area contributed by atoms with E-state index in [4.69, 9.17) is 9.79 Å². The molecule has 0 fully saturated rings. The zero-order valence-corrected chi connectivity index (χ0v) is 11.4. The van der Waals surface area contributed by atoms with E-state index in [1.54, 1.807) is 6.92 Å². The summed E-state index contributed by atoms with van der Waals surface area (Å²) in [5.41, 5.74) is -1.31. The predicted molar refractivity (Wildman–Crippen MR) is 63.3 cm³/mol. The minimum atomic E-state index is -4.34. The molecule has 0 aliphatic rings. The minimum Gasteiger partial charge on any atom is -0.465 e. The lowest BCUT2D eigenvalue weighted by Gasteiger charge is -2.14. The maximum atomic E-state index is 10.9. The van der Waals surface area contributed by atoms with Gasteiger partial charge < -0.3 is 14.5 Å². The molecule has 0 bridgehead atoms. The molecular weight excluding hydrogens is 231 g/mol. The van der Waals surface area contributed by atoms with E-state index in [9.17, 15) is 9.36 Å². The van der Waals surface area contributed by atoms with E-state index in [0.717, 1.165) is 0 Å². The van der Waals surface area contributed by atoms with Crippen molar-refractivity contribution < 1.29 is 23.9 Å². The molecule has 0 spiro atoms. The number of hydrogen-bond acceptors (Lipinski definition) is 3. The zero-order valence-electron chi connectivity index (χ0n) is 10.5. The molecule has 5 nitrogen and oxygen atoms in total. The largest absolute Gasteiger partial charge is 0.465 e. The van der Waals surface area contributed by atoms with Crippen molar-refractivity contribution in [3.63, 3.8) is 0 Å². The summed E-state index contributed by atoms with van der Waals surface area (Å²) in [6.07, 6.45) is 2.73. The van der Waals surface area contributed by atoms with Crippen LogP contribution in [0.4, 0.5) is 0 Å². The van der Waals surface area contributed by atoms with Gasteiger partial charge in [0.2, 0.25) is 0 Å². The van der Waals surface area contributed by atoms with Gasteiger partial charge in [0, 0.05) is 0 Å². The molecule has 0 aromatic carbocycles. The fourth-order valence-corrected chi connectivity index (χ4v) is 1.61. The highest BCUT2D eigenvalue weighted by atomic mass is 31.2. The predicted octanol–water partition coefficient (Wildman–Crippen LogP) is 2.31. The molecule has 0 rings (SSSR count). The summed E-state index contributed by atoms with van der Waals surface area (Å²) in [5, 5.41) is 0. The smallest absolute Gasteiger partial charge is 0.339 e. The lowest BCUT2D eigenvalue weighted by Crippen LogP contribution is -2.22. The summed E-state index contributed by atoms with van der Waals surface area (Å²) in [7, 11) is -4.34. The Hall–Kier alpha value is -0.380. The van der Waals surface area contributed by atoms with Gasteiger partial charge in [0.1, 0.15) is 0 Å². The van der Waals surface area contributed by atoms with Gasteiger partial charge in [-0.3, -0.25) is 9.36 Å². The Balaban J connectivity index is 0. The van der Waals surface area contributed by atoms with Gasteiger partial charge >= 0.3 is 13.6 Å². The van der Waals surface area contributed by atoms with E-state index in [2.05, 4.69) is 18.6 Å². The highest BCUT2D eigenvalue weighted by molar-refractivity contribution is 7.53. The van der Waals surface area contributed by atoms with Crippen LogP contribution in [0.5, 0.6) is 0 Å². The van der Waals surface area contributed by atoms with Crippen LogP contribution in [0, 0.1) is 0 Å². The van der Waals surface area contributed by atoms with Crippen LogP contribution in [0.2, 0.25) is 0 Å². The maximum Gasteiger partial charge on any atom is 0.339 e. The Morgan fingerprint density at radius 2 is 1.62 bits per heavy atom. The van der Waals surface area contributed by atoms with Crippen molar-refractivity contribution in [2.75, 3.05) is 6.61 Å². The minimum absolute atomic E-state index is 0.0864. The third-order valence-electron chi connectivity index (χ3n) is 1.85. The number of carbonyl (C=O) groups is 1. The number of carbonyl (C=O) groups excluding carboxylic acids is 1. The monoisotopic (exact) mass is 254 g/mol. The normalized spacial score (nSPS) is 12.4. The average molecular weight is 254 g/mol. The second kappa shape index (κ2) is 9.82. The molecule has 0 amide bonds. The van der Waals surface area contributed by atoms with Gasteiger partial charge in [0.05, 0.1) is 6.61 Å². The number of rotatable bonds is 5. The molecule has 0 aromatic rings. The van der Waals surface area contributed by atoms with E-state index < -0.39 is 19.2 Å². The summed E-state index contributed by atoms with van der Waals surface area (Å²) in [4.78, 5) is 28.3. The number of hydrogen-bond donors (Lipinski definition) is 2. The van der Waals surface area contributed by atoms with Gasteiger partial charge in [-0.25, -0.2) is 0 Å². The first-order valence-corrected chi connectivity index (χ1v) is 7.24. The van der Waals surface area contributed by atoms with Gasteiger partial charge in [0.15, 0.2) is 5.66 Å². The summed E-state index contributed by atoms with van der Waals surface area (Å²) >= 11 is 0. The Morgan fingerprint density at radius 1 is 1.19 bits per heavy atom. The molecule has 6 heteroatoms. The van der Waals surface area contributed by atoms with Crippen LogP contribution in [0.3, 0.4) is 0 Å². The molecule has 0 heterocycles. The molecule has 0 aliphatic heterocycles. The number of unbranched alkanes of at least 4 members (excludes halogenated alkanes) is 1. The highest BCUT2D eigenvalue weighted by Gasteiger charge is 2.34. The first-order valence-electron chi connectivity index (χ1n) is 5.56. The van der Waals surface area contributed by atoms with Crippen LogP contribution in [0.1, 0.15) is 47.0 Å². The van der Waals surface area contributed by atoms with Crippen LogP contribution < -0.4 is 0 Å². The molecule has 16 heavy (non-hydrogen) atoms. The number of ether oxygens (including phenoxy) is 1. The summed E-state index contributed by atoms with van der Waals surface area (Å²) < 4.78 is 15.2. The topological polar surface area (TPSA) is 83.8 Å². The van der Waals surface area contributed by atoms with E-state index >= 15 is 0 Å². The molecule has 0 saturated heterocycles. The first kappa shape index (κ1) is 18.0.